The maximum atomic E-state index is 5.74. The zero-order valence-corrected chi connectivity index (χ0v) is 11.1. The van der Waals surface area contributed by atoms with Gasteiger partial charge in [0.2, 0.25) is 5.88 Å². The molecule has 0 saturated carbocycles. The van der Waals surface area contributed by atoms with Crippen LogP contribution in [-0.2, 0) is 13.6 Å². The van der Waals surface area contributed by atoms with Crippen molar-refractivity contribution in [3.05, 3.63) is 11.3 Å². The van der Waals surface area contributed by atoms with Crippen LogP contribution in [0.15, 0.2) is 4.99 Å². The second-order valence-electron chi connectivity index (χ2n) is 4.20. The first kappa shape index (κ1) is 13.3. The summed E-state index contributed by atoms with van der Waals surface area (Å²) >= 11 is 0. The largest absolute Gasteiger partial charge is 0.481 e. The lowest BCUT2D eigenvalue weighted by molar-refractivity contribution is 0.369. The normalized spacial score (nSPS) is 12.0. The van der Waals surface area contributed by atoms with Gasteiger partial charge in [0.05, 0.1) is 24.9 Å². The molecule has 0 fully saturated rings. The minimum atomic E-state index is 0.274. The first-order valence-corrected chi connectivity index (χ1v) is 5.58. The summed E-state index contributed by atoms with van der Waals surface area (Å²) in [6.45, 7) is 6.42. The van der Waals surface area contributed by atoms with Gasteiger partial charge in [-0.1, -0.05) is 0 Å². The monoisotopic (exact) mass is 239 g/mol. The molecule has 0 unspecified atom stereocenters. The summed E-state index contributed by atoms with van der Waals surface area (Å²) in [5.41, 5.74) is 7.61. The van der Waals surface area contributed by atoms with Crippen molar-refractivity contribution in [2.45, 2.75) is 33.4 Å². The van der Waals surface area contributed by atoms with Crippen molar-refractivity contribution in [3.63, 3.8) is 0 Å². The first-order chi connectivity index (χ1) is 7.95. The van der Waals surface area contributed by atoms with Crippen molar-refractivity contribution in [2.24, 2.45) is 17.8 Å². The molecule has 0 atom stereocenters. The fraction of sp³-hybridized carbons (Fsp3) is 0.636. The third-order valence-corrected chi connectivity index (χ3v) is 2.33. The van der Waals surface area contributed by atoms with Crippen molar-refractivity contribution >= 4 is 5.96 Å². The van der Waals surface area contributed by atoms with E-state index in [2.05, 4.69) is 15.4 Å². The number of ether oxygens (including phenoxy) is 1. The molecule has 96 valence electrons. The molecular formula is C11H21N5O. The molecule has 0 saturated heterocycles. The Morgan fingerprint density at radius 2 is 2.24 bits per heavy atom. The van der Waals surface area contributed by atoms with Crippen LogP contribution < -0.4 is 15.8 Å². The molecule has 3 N–H and O–H groups in total. The van der Waals surface area contributed by atoms with Gasteiger partial charge in [-0.2, -0.15) is 5.10 Å². The molecule has 1 aromatic heterocycles. The summed E-state index contributed by atoms with van der Waals surface area (Å²) in [5.74, 6) is 1.16. The molecular weight excluding hydrogens is 218 g/mol. The van der Waals surface area contributed by atoms with Gasteiger partial charge in [-0.25, -0.2) is 9.67 Å². The van der Waals surface area contributed by atoms with Crippen molar-refractivity contribution < 1.29 is 4.74 Å². The molecule has 0 radical (unpaired) electrons. The maximum absolute atomic E-state index is 5.74. The van der Waals surface area contributed by atoms with E-state index in [0.29, 0.717) is 12.5 Å². The number of aryl methyl sites for hydroxylation is 2. The van der Waals surface area contributed by atoms with E-state index in [-0.39, 0.29) is 6.04 Å². The molecule has 1 rings (SSSR count). The number of aromatic nitrogens is 2. The van der Waals surface area contributed by atoms with Crippen molar-refractivity contribution in [1.29, 1.82) is 0 Å². The van der Waals surface area contributed by atoms with Gasteiger partial charge in [0.25, 0.3) is 0 Å². The Morgan fingerprint density at radius 3 is 2.76 bits per heavy atom. The number of nitrogens with zero attached hydrogens (tertiary/aromatic N) is 3. The Morgan fingerprint density at radius 1 is 1.59 bits per heavy atom. The van der Waals surface area contributed by atoms with Gasteiger partial charge in [-0.05, 0) is 20.8 Å². The van der Waals surface area contributed by atoms with Crippen LogP contribution in [0.3, 0.4) is 0 Å². The van der Waals surface area contributed by atoms with E-state index in [0.717, 1.165) is 17.1 Å². The second kappa shape index (κ2) is 5.56. The second-order valence-corrected chi connectivity index (χ2v) is 4.20. The molecule has 0 amide bonds. The standard InChI is InChI=1S/C11H21N5O/c1-7(2)14-11(12)13-6-9-8(3)15-16(4)10(9)17-5/h7H,6H2,1-5H3,(H3,12,13,14). The van der Waals surface area contributed by atoms with E-state index in [1.54, 1.807) is 11.8 Å². The van der Waals surface area contributed by atoms with Gasteiger partial charge in [0.1, 0.15) is 0 Å². The molecule has 0 aliphatic heterocycles. The number of aliphatic imine (C=N–C) groups is 1. The highest BCUT2D eigenvalue weighted by molar-refractivity contribution is 5.78. The van der Waals surface area contributed by atoms with Gasteiger partial charge in [0.15, 0.2) is 5.96 Å². The third kappa shape index (κ3) is 3.37. The Labute approximate surface area is 102 Å². The summed E-state index contributed by atoms with van der Waals surface area (Å²) in [7, 11) is 3.47. The quantitative estimate of drug-likeness (QED) is 0.594. The van der Waals surface area contributed by atoms with Gasteiger partial charge in [0, 0.05) is 13.1 Å². The van der Waals surface area contributed by atoms with Crippen LogP contribution in [0, 0.1) is 6.92 Å². The minimum absolute atomic E-state index is 0.274. The Hall–Kier alpha value is -1.72. The molecule has 0 aromatic carbocycles. The predicted octanol–water partition coefficient (Wildman–Crippen LogP) is 0.550. The SMILES string of the molecule is COc1c(CN=C(N)NC(C)C)c(C)nn1C. The zero-order valence-electron chi connectivity index (χ0n) is 11.1. The van der Waals surface area contributed by atoms with Gasteiger partial charge < -0.3 is 15.8 Å². The predicted molar refractivity (Wildman–Crippen MR) is 68.1 cm³/mol. The molecule has 6 heteroatoms. The van der Waals surface area contributed by atoms with Crippen LogP contribution >= 0.6 is 0 Å². The van der Waals surface area contributed by atoms with E-state index in [1.807, 2.05) is 27.8 Å². The van der Waals surface area contributed by atoms with E-state index in [4.69, 9.17) is 10.5 Å². The van der Waals surface area contributed by atoms with E-state index in [9.17, 15) is 0 Å². The van der Waals surface area contributed by atoms with Crippen LogP contribution in [-0.4, -0.2) is 28.9 Å². The van der Waals surface area contributed by atoms with Crippen molar-refractivity contribution in [1.82, 2.24) is 15.1 Å². The van der Waals surface area contributed by atoms with E-state index < -0.39 is 0 Å². The summed E-state index contributed by atoms with van der Waals surface area (Å²) < 4.78 is 6.98. The Bertz CT molecular complexity index is 408. The van der Waals surface area contributed by atoms with Crippen molar-refractivity contribution in [2.75, 3.05) is 7.11 Å². The van der Waals surface area contributed by atoms with E-state index >= 15 is 0 Å². The minimum Gasteiger partial charge on any atom is -0.481 e. The number of rotatable bonds is 4. The van der Waals surface area contributed by atoms with Gasteiger partial charge in [-0.15, -0.1) is 0 Å². The summed E-state index contributed by atoms with van der Waals surface area (Å²) in [6, 6.07) is 0.274. The molecule has 6 nitrogen and oxygen atoms in total. The van der Waals surface area contributed by atoms with Crippen LogP contribution in [0.4, 0.5) is 0 Å². The molecule has 0 aliphatic rings. The lowest BCUT2D eigenvalue weighted by atomic mass is 10.2. The number of hydrogen-bond acceptors (Lipinski definition) is 3. The summed E-state index contributed by atoms with van der Waals surface area (Å²) in [5, 5.41) is 7.32. The molecule has 0 aliphatic carbocycles. The topological polar surface area (TPSA) is 77.5 Å². The van der Waals surface area contributed by atoms with E-state index in [1.165, 1.54) is 0 Å². The lowest BCUT2D eigenvalue weighted by Gasteiger charge is -2.08. The van der Waals surface area contributed by atoms with Crippen LogP contribution in [0.2, 0.25) is 0 Å². The molecule has 0 spiro atoms. The number of nitrogens with two attached hydrogens (primary N) is 1. The highest BCUT2D eigenvalue weighted by atomic mass is 16.5. The third-order valence-electron chi connectivity index (χ3n) is 2.33. The highest BCUT2D eigenvalue weighted by Crippen LogP contribution is 2.21. The molecule has 17 heavy (non-hydrogen) atoms. The maximum Gasteiger partial charge on any atom is 0.216 e. The fourth-order valence-electron chi connectivity index (χ4n) is 1.62. The van der Waals surface area contributed by atoms with Crippen LogP contribution in [0.1, 0.15) is 25.1 Å². The zero-order chi connectivity index (χ0) is 13.0. The molecule has 1 heterocycles. The lowest BCUT2D eigenvalue weighted by Crippen LogP contribution is -2.36. The number of methoxy groups -OCH3 is 1. The number of hydrogen-bond donors (Lipinski definition) is 2. The summed E-state index contributed by atoms with van der Waals surface area (Å²) in [6.07, 6.45) is 0. The smallest absolute Gasteiger partial charge is 0.216 e. The molecule has 1 aromatic rings. The van der Waals surface area contributed by atoms with Crippen molar-refractivity contribution in [3.8, 4) is 5.88 Å². The van der Waals surface area contributed by atoms with Gasteiger partial charge in [-0.3, -0.25) is 0 Å². The Kier molecular flexibility index (Phi) is 4.37. The summed E-state index contributed by atoms with van der Waals surface area (Å²) in [4.78, 5) is 4.27. The fourth-order valence-corrected chi connectivity index (χ4v) is 1.62. The first-order valence-electron chi connectivity index (χ1n) is 5.58. The van der Waals surface area contributed by atoms with Crippen LogP contribution in [0.5, 0.6) is 5.88 Å². The average Bonchev–Trinajstić information content (AvgIpc) is 2.48. The number of guanidine groups is 1. The van der Waals surface area contributed by atoms with Crippen LogP contribution in [0.25, 0.3) is 0 Å². The average molecular weight is 239 g/mol. The highest BCUT2D eigenvalue weighted by Gasteiger charge is 2.13. The Balaban J connectivity index is 2.81. The molecule has 0 bridgehead atoms. The number of nitrogens with one attached hydrogen (secondary N) is 1. The van der Waals surface area contributed by atoms with Gasteiger partial charge >= 0.3 is 0 Å².